The summed E-state index contributed by atoms with van der Waals surface area (Å²) >= 11 is 0. The van der Waals surface area contributed by atoms with Gasteiger partial charge in [-0.05, 0) is 49.2 Å². The van der Waals surface area contributed by atoms with Crippen LogP contribution in [-0.4, -0.2) is 33.7 Å². The maximum atomic E-state index is 13.9. The topological polar surface area (TPSA) is 66.5 Å². The molecule has 0 bridgehead atoms. The second-order valence-electron chi connectivity index (χ2n) is 5.99. The second kappa shape index (κ2) is 7.82. The summed E-state index contributed by atoms with van der Waals surface area (Å²) in [6.07, 6.45) is 0.918. The van der Waals surface area contributed by atoms with Crippen molar-refractivity contribution in [1.29, 1.82) is 0 Å². The number of anilines is 1. The van der Waals surface area contributed by atoms with Gasteiger partial charge in [-0.1, -0.05) is 6.07 Å². The number of carbonyl (C=O) groups is 1. The summed E-state index contributed by atoms with van der Waals surface area (Å²) in [7, 11) is -3.81. The average molecular weight is 382 g/mol. The highest BCUT2D eigenvalue weighted by molar-refractivity contribution is 7.92. The van der Waals surface area contributed by atoms with Crippen LogP contribution >= 0.6 is 0 Å². The predicted octanol–water partition coefficient (Wildman–Crippen LogP) is 2.78. The Labute approximate surface area is 151 Å². The van der Waals surface area contributed by atoms with E-state index in [0.29, 0.717) is 11.6 Å². The number of hydrogen-bond donors (Lipinski definition) is 1. The number of carbonyl (C=O) groups excluding carboxylic acids is 1. The van der Waals surface area contributed by atoms with Crippen LogP contribution in [0.3, 0.4) is 0 Å². The van der Waals surface area contributed by atoms with E-state index >= 15 is 0 Å². The molecule has 0 saturated heterocycles. The van der Waals surface area contributed by atoms with Crippen molar-refractivity contribution in [2.24, 2.45) is 0 Å². The zero-order valence-corrected chi connectivity index (χ0v) is 15.5. The number of amides is 1. The second-order valence-corrected chi connectivity index (χ2v) is 7.89. The Bertz CT molecular complexity index is 930. The molecule has 0 saturated carbocycles. The number of sulfonamides is 1. The molecule has 0 heterocycles. The van der Waals surface area contributed by atoms with Gasteiger partial charge < -0.3 is 5.32 Å². The molecule has 0 fully saturated rings. The Morgan fingerprint density at radius 1 is 1.08 bits per heavy atom. The van der Waals surface area contributed by atoms with E-state index in [1.54, 1.807) is 12.1 Å². The van der Waals surface area contributed by atoms with Gasteiger partial charge >= 0.3 is 0 Å². The van der Waals surface area contributed by atoms with E-state index < -0.39 is 21.7 Å². The minimum absolute atomic E-state index is 0.0321. The Hall–Kier alpha value is -2.48. The maximum Gasteiger partial charge on any atom is 0.251 e. The molecule has 26 heavy (non-hydrogen) atoms. The summed E-state index contributed by atoms with van der Waals surface area (Å²) in [4.78, 5) is 12.2. The zero-order chi connectivity index (χ0) is 19.5. The van der Waals surface area contributed by atoms with E-state index in [1.165, 1.54) is 0 Å². The molecule has 5 nitrogen and oxygen atoms in total. The third kappa shape index (κ3) is 4.78. The molecule has 140 valence electrons. The lowest BCUT2D eigenvalue weighted by Crippen LogP contribution is -2.38. The highest BCUT2D eigenvalue weighted by Gasteiger charge is 2.21. The van der Waals surface area contributed by atoms with Crippen LogP contribution in [0.1, 0.15) is 21.5 Å². The first-order valence-corrected chi connectivity index (χ1v) is 9.72. The quantitative estimate of drug-likeness (QED) is 0.835. The van der Waals surface area contributed by atoms with Crippen molar-refractivity contribution in [2.75, 3.05) is 23.7 Å². The van der Waals surface area contributed by atoms with Gasteiger partial charge in [0.25, 0.3) is 5.91 Å². The number of hydrogen-bond acceptors (Lipinski definition) is 3. The van der Waals surface area contributed by atoms with Crippen LogP contribution in [0.4, 0.5) is 14.5 Å². The Kier molecular flexibility index (Phi) is 5.97. The van der Waals surface area contributed by atoms with Gasteiger partial charge in [-0.3, -0.25) is 9.10 Å². The highest BCUT2D eigenvalue weighted by atomic mass is 32.2. The smallest absolute Gasteiger partial charge is 0.251 e. The van der Waals surface area contributed by atoms with Crippen molar-refractivity contribution in [3.05, 3.63) is 64.7 Å². The summed E-state index contributed by atoms with van der Waals surface area (Å²) in [5.74, 6) is -2.15. The lowest BCUT2D eigenvalue weighted by molar-refractivity contribution is 0.0954. The van der Waals surface area contributed by atoms with E-state index in [4.69, 9.17) is 0 Å². The minimum Gasteiger partial charge on any atom is -0.350 e. The molecule has 2 aromatic carbocycles. The first-order valence-electron chi connectivity index (χ1n) is 7.88. The van der Waals surface area contributed by atoms with E-state index in [0.717, 1.165) is 33.8 Å². The monoisotopic (exact) mass is 382 g/mol. The average Bonchev–Trinajstić information content (AvgIpc) is 2.54. The van der Waals surface area contributed by atoms with Crippen LogP contribution in [-0.2, 0) is 10.0 Å². The third-order valence-electron chi connectivity index (χ3n) is 3.95. The number of aryl methyl sites for hydroxylation is 2. The van der Waals surface area contributed by atoms with Crippen LogP contribution in [0.15, 0.2) is 36.4 Å². The fourth-order valence-electron chi connectivity index (χ4n) is 2.40. The van der Waals surface area contributed by atoms with Crippen molar-refractivity contribution in [1.82, 2.24) is 5.32 Å². The lowest BCUT2D eigenvalue weighted by Gasteiger charge is -2.23. The number of nitrogens with zero attached hydrogens (tertiary/aromatic N) is 1. The van der Waals surface area contributed by atoms with Gasteiger partial charge in [0.05, 0.1) is 18.5 Å². The van der Waals surface area contributed by atoms with E-state index in [9.17, 15) is 22.0 Å². The predicted molar refractivity (Wildman–Crippen MR) is 96.8 cm³/mol. The van der Waals surface area contributed by atoms with Crippen LogP contribution in [0, 0.1) is 25.5 Å². The fraction of sp³-hybridized carbons (Fsp3) is 0.278. The van der Waals surface area contributed by atoms with E-state index in [1.807, 2.05) is 19.9 Å². The van der Waals surface area contributed by atoms with Gasteiger partial charge in [0.2, 0.25) is 10.0 Å². The van der Waals surface area contributed by atoms with Crippen LogP contribution in [0.2, 0.25) is 0 Å². The molecule has 0 spiro atoms. The highest BCUT2D eigenvalue weighted by Crippen LogP contribution is 2.22. The maximum absolute atomic E-state index is 13.9. The van der Waals surface area contributed by atoms with Crippen molar-refractivity contribution in [3.63, 3.8) is 0 Å². The zero-order valence-electron chi connectivity index (χ0n) is 14.7. The van der Waals surface area contributed by atoms with Crippen molar-refractivity contribution in [3.8, 4) is 0 Å². The fourth-order valence-corrected chi connectivity index (χ4v) is 3.33. The Morgan fingerprint density at radius 2 is 1.77 bits per heavy atom. The van der Waals surface area contributed by atoms with Gasteiger partial charge in [0.15, 0.2) is 0 Å². The van der Waals surface area contributed by atoms with Crippen LogP contribution in [0.25, 0.3) is 0 Å². The van der Waals surface area contributed by atoms with Crippen molar-refractivity contribution in [2.45, 2.75) is 13.8 Å². The molecule has 8 heteroatoms. The molecule has 0 atom stereocenters. The summed E-state index contributed by atoms with van der Waals surface area (Å²) in [6.45, 7) is 3.60. The molecule has 0 aromatic heterocycles. The lowest BCUT2D eigenvalue weighted by atomic mass is 10.1. The van der Waals surface area contributed by atoms with E-state index in [2.05, 4.69) is 5.32 Å². The van der Waals surface area contributed by atoms with Gasteiger partial charge in [-0.25, -0.2) is 17.2 Å². The molecular weight excluding hydrogens is 362 g/mol. The largest absolute Gasteiger partial charge is 0.350 e. The number of benzene rings is 2. The molecule has 1 N–H and O–H groups in total. The summed E-state index contributed by atoms with van der Waals surface area (Å²) in [5.41, 5.74) is 2.20. The van der Waals surface area contributed by atoms with Crippen LogP contribution in [0.5, 0.6) is 0 Å². The van der Waals surface area contributed by atoms with Gasteiger partial charge in [-0.15, -0.1) is 0 Å². The standard InChI is InChI=1S/C18H20F2N2O3S/c1-12-4-5-14(10-13(12)2)18(23)21-8-9-22(26(3,24)25)17-7-6-15(19)11-16(17)20/h4-7,10-11H,8-9H2,1-3H3,(H,21,23). The SMILES string of the molecule is Cc1ccc(C(=O)NCCN(c2ccc(F)cc2F)S(C)(=O)=O)cc1C. The molecule has 0 radical (unpaired) electrons. The Balaban J connectivity index is 2.10. The molecule has 0 aliphatic carbocycles. The Morgan fingerprint density at radius 3 is 2.35 bits per heavy atom. The van der Waals surface area contributed by atoms with Crippen molar-refractivity contribution < 1.29 is 22.0 Å². The molecule has 2 aromatic rings. The molecule has 2 rings (SSSR count). The summed E-state index contributed by atoms with van der Waals surface area (Å²) in [5, 5.41) is 2.61. The molecule has 0 unspecified atom stereocenters. The molecule has 1 amide bonds. The number of halogens is 2. The minimum atomic E-state index is -3.81. The number of rotatable bonds is 6. The normalized spacial score (nSPS) is 11.3. The summed E-state index contributed by atoms with van der Waals surface area (Å²) in [6, 6.07) is 7.87. The molecule has 0 aliphatic rings. The summed E-state index contributed by atoms with van der Waals surface area (Å²) < 4.78 is 51.7. The third-order valence-corrected chi connectivity index (χ3v) is 5.13. The van der Waals surface area contributed by atoms with Gasteiger partial charge in [0, 0.05) is 18.2 Å². The first-order chi connectivity index (χ1) is 12.1. The van der Waals surface area contributed by atoms with E-state index in [-0.39, 0.29) is 24.7 Å². The van der Waals surface area contributed by atoms with Gasteiger partial charge in [0.1, 0.15) is 11.6 Å². The number of nitrogens with one attached hydrogen (secondary N) is 1. The molecular formula is C18H20F2N2O3S. The van der Waals surface area contributed by atoms with Crippen LogP contribution < -0.4 is 9.62 Å². The molecule has 0 aliphatic heterocycles. The van der Waals surface area contributed by atoms with Gasteiger partial charge in [-0.2, -0.15) is 0 Å². The van der Waals surface area contributed by atoms with Crippen molar-refractivity contribution >= 4 is 21.6 Å². The first kappa shape index (κ1) is 19.8.